The molecule has 6 aromatic carbocycles. The van der Waals surface area contributed by atoms with Gasteiger partial charge in [0, 0.05) is 0 Å². The summed E-state index contributed by atoms with van der Waals surface area (Å²) in [5.41, 5.74) is 0.146. The number of fused-ring (bicyclic) bond motifs is 5. The van der Waals surface area contributed by atoms with Gasteiger partial charge in [-0.15, -0.1) is 0 Å². The van der Waals surface area contributed by atoms with E-state index in [1.54, 1.807) is 12.1 Å². The van der Waals surface area contributed by atoms with E-state index in [0.29, 0.717) is 73.5 Å². The summed E-state index contributed by atoms with van der Waals surface area (Å²) in [5, 5.41) is 2.11. The quantitative estimate of drug-likeness (QED) is 0.0894. The summed E-state index contributed by atoms with van der Waals surface area (Å²) < 4.78 is 175. The predicted molar refractivity (Wildman–Crippen MR) is 274 cm³/mol. The summed E-state index contributed by atoms with van der Waals surface area (Å²) in [4.78, 5) is 0. The van der Waals surface area contributed by atoms with Crippen LogP contribution in [0.25, 0.3) is 45.5 Å². The molecule has 6 aromatic rings. The Morgan fingerprint density at radius 1 is 0.500 bits per heavy atom. The number of allylic oxidation sites excluding steroid dienone is 2. The van der Waals surface area contributed by atoms with Crippen LogP contribution in [0.3, 0.4) is 0 Å². The van der Waals surface area contributed by atoms with Crippen molar-refractivity contribution in [1.29, 1.82) is 0 Å². The van der Waals surface area contributed by atoms with Crippen molar-refractivity contribution in [2.75, 3.05) is 0 Å². The van der Waals surface area contributed by atoms with Gasteiger partial charge in [-0.2, -0.15) is 0 Å². The van der Waals surface area contributed by atoms with Gasteiger partial charge in [-0.05, 0) is 0 Å². The molecule has 0 aromatic heterocycles. The summed E-state index contributed by atoms with van der Waals surface area (Å²) in [6.45, 7) is 11.4. The molecule has 9 rings (SSSR count). The Morgan fingerprint density at radius 2 is 0.892 bits per heavy atom. The first kappa shape index (κ1) is 54.4. The summed E-state index contributed by atoms with van der Waals surface area (Å²) in [7, 11) is 16.9. The Hall–Kier alpha value is -4.36. The molecule has 0 amide bonds. The van der Waals surface area contributed by atoms with Gasteiger partial charge in [-0.3, -0.25) is 0 Å². The van der Waals surface area contributed by atoms with Crippen LogP contribution in [0.1, 0.15) is 117 Å². The van der Waals surface area contributed by atoms with Crippen molar-refractivity contribution >= 4 is 52.3 Å². The van der Waals surface area contributed by atoms with Gasteiger partial charge in [0.25, 0.3) is 0 Å². The molecule has 0 spiro atoms. The third kappa shape index (κ3) is 9.21. The number of hydrogen-bond acceptors (Lipinski definition) is 0. The van der Waals surface area contributed by atoms with E-state index < -0.39 is 80.1 Å². The molecule has 2 unspecified atom stereocenters. The number of halogens is 14. The van der Waals surface area contributed by atoms with Crippen molar-refractivity contribution in [2.24, 2.45) is 11.8 Å². The third-order valence-electron chi connectivity index (χ3n) is 15.2. The van der Waals surface area contributed by atoms with E-state index in [1.807, 2.05) is 102 Å². The van der Waals surface area contributed by atoms with Gasteiger partial charge in [-0.1, -0.05) is 0 Å². The topological polar surface area (TPSA) is 0 Å². The number of hydrogen-bond donors (Lipinski definition) is 0. The van der Waals surface area contributed by atoms with Crippen molar-refractivity contribution in [2.45, 2.75) is 99.2 Å². The Morgan fingerprint density at radius 3 is 1.27 bits per heavy atom. The van der Waals surface area contributed by atoms with E-state index in [4.69, 9.17) is 17.0 Å². The molecule has 74 heavy (non-hydrogen) atoms. The Bertz CT molecular complexity index is 3070. The fourth-order valence-corrected chi connectivity index (χ4v) is 40.4. The SMILES string of the molecule is CCCc1ccc2c(c1-c1cc(C(F)(F)F)cc(C(F)(F)F)c1)C=C(C(C)C)[CH]2[Zr]([Cl])([Cl])([c]1cccc2c1[SiH2]c1ccccc1-2)[CH]1C(C(C)C)=Cc2c1ccc(CCC)c2-c1cc(C(F)(F)F)cc(C(F)(F)F)c1. The van der Waals surface area contributed by atoms with Crippen LogP contribution in [-0.4, -0.2) is 9.52 Å². The molecule has 2 aliphatic carbocycles. The molecule has 1 aliphatic heterocycles. The average Bonchev–Trinajstić information content (AvgIpc) is 4.03. The van der Waals surface area contributed by atoms with Crippen molar-refractivity contribution in [3.8, 4) is 33.4 Å². The first-order chi connectivity index (χ1) is 34.5. The molecule has 0 radical (unpaired) electrons. The maximum atomic E-state index is 14.6. The second-order valence-corrected chi connectivity index (χ2v) is 43.0. The number of aryl methyl sites for hydroxylation is 2. The van der Waals surface area contributed by atoms with Crippen LogP contribution in [-0.2, 0) is 53.9 Å². The molecule has 1 heterocycles. The summed E-state index contributed by atoms with van der Waals surface area (Å²) in [6.07, 6.45) is -15.3. The van der Waals surface area contributed by atoms with Gasteiger partial charge in [0.05, 0.1) is 0 Å². The van der Waals surface area contributed by atoms with Crippen LogP contribution in [0.15, 0.2) is 114 Å². The zero-order valence-corrected chi connectivity index (χ0v) is 46.5. The summed E-state index contributed by atoms with van der Waals surface area (Å²) >= 11 is -6.61. The standard InChI is InChI=1S/2C23H21F6.C12H9Si.2ClH.Zr/c2*1-4-5-14-6-7-15-8-16(13(2)3)11-20(15)21(14)17-9-18(22(24,25)26)12-19(10-17)23(27,28)29;1-3-7-11-9(5-1)10-6-2-4-8-12(10)13-11;;;/h2*6-13H,4-5H2,1-3H3;1-7H,13H2;2*1H;/q;;;;;+2/p-2. The Kier molecular flexibility index (Phi) is 14.0. The van der Waals surface area contributed by atoms with Crippen LogP contribution >= 0.6 is 17.0 Å². The second kappa shape index (κ2) is 19.0. The van der Waals surface area contributed by atoms with Crippen molar-refractivity contribution < 1.29 is 69.1 Å². The molecule has 0 bridgehead atoms. The first-order valence-electron chi connectivity index (χ1n) is 24.6. The van der Waals surface area contributed by atoms with E-state index in [9.17, 15) is 52.7 Å². The fourth-order valence-electron chi connectivity index (χ4n) is 12.1. The van der Waals surface area contributed by atoms with Gasteiger partial charge < -0.3 is 0 Å². The van der Waals surface area contributed by atoms with Gasteiger partial charge in [-0.25, -0.2) is 0 Å². The maximum absolute atomic E-state index is 14.6. The number of alkyl halides is 12. The Labute approximate surface area is 432 Å². The van der Waals surface area contributed by atoms with Crippen LogP contribution < -0.4 is 13.6 Å². The zero-order chi connectivity index (χ0) is 53.9. The predicted octanol–water partition coefficient (Wildman–Crippen LogP) is 17.3. The van der Waals surface area contributed by atoms with E-state index in [2.05, 4.69) is 6.07 Å². The fraction of sp³-hybridized carbons (Fsp3) is 0.310. The van der Waals surface area contributed by atoms with Crippen LogP contribution in [0.2, 0.25) is 0 Å². The molecular weight excluding hydrogens is 1110 g/mol. The minimum atomic E-state index is -6.61. The van der Waals surface area contributed by atoms with E-state index >= 15 is 0 Å². The van der Waals surface area contributed by atoms with Crippen molar-refractivity contribution in [1.82, 2.24) is 0 Å². The number of rotatable bonds is 11. The molecule has 0 N–H and O–H groups in total. The van der Waals surface area contributed by atoms with Crippen LogP contribution in [0.4, 0.5) is 52.7 Å². The second-order valence-electron chi connectivity index (χ2n) is 20.6. The molecule has 0 fully saturated rings. The van der Waals surface area contributed by atoms with E-state index in [-0.39, 0.29) is 46.2 Å². The normalized spacial score (nSPS) is 17.6. The van der Waals surface area contributed by atoms with Crippen molar-refractivity contribution in [3.05, 3.63) is 170 Å². The number of benzene rings is 6. The van der Waals surface area contributed by atoms with Crippen LogP contribution in [0, 0.1) is 11.8 Å². The van der Waals surface area contributed by atoms with E-state index in [1.165, 1.54) is 0 Å². The van der Waals surface area contributed by atoms with Gasteiger partial charge in [0.1, 0.15) is 0 Å². The summed E-state index contributed by atoms with van der Waals surface area (Å²) in [5.74, 6) is -0.723. The molecule has 0 saturated heterocycles. The molecule has 16 heteroatoms. The average molecular weight is 1170 g/mol. The summed E-state index contributed by atoms with van der Waals surface area (Å²) in [6, 6.07) is 24.2. The zero-order valence-electron chi connectivity index (χ0n) is 41.1. The molecule has 0 nitrogen and oxygen atoms in total. The van der Waals surface area contributed by atoms with Gasteiger partial charge in [0.15, 0.2) is 0 Å². The molecule has 0 saturated carbocycles. The molecular formula is C58H51Cl2F12SiZr. The minimum absolute atomic E-state index is 0.108. The molecule has 389 valence electrons. The monoisotopic (exact) mass is 1160 g/mol. The van der Waals surface area contributed by atoms with Gasteiger partial charge >= 0.3 is 436 Å². The third-order valence-corrected chi connectivity index (χ3v) is 37.8. The Balaban J connectivity index is 1.42. The first-order valence-corrected chi connectivity index (χ1v) is 36.4. The van der Waals surface area contributed by atoms with E-state index in [0.717, 1.165) is 45.8 Å². The van der Waals surface area contributed by atoms with Crippen LogP contribution in [0.5, 0.6) is 0 Å². The van der Waals surface area contributed by atoms with Gasteiger partial charge in [0.2, 0.25) is 0 Å². The molecule has 2 atom stereocenters. The molecule has 3 aliphatic rings. The van der Waals surface area contributed by atoms with Crippen molar-refractivity contribution in [3.63, 3.8) is 0 Å².